The topological polar surface area (TPSA) is 34.5 Å². The van der Waals surface area contributed by atoms with Crippen LogP contribution in [0, 0.1) is 0 Å². The van der Waals surface area contributed by atoms with Gasteiger partial charge in [-0.3, -0.25) is 4.57 Å². The Morgan fingerprint density at radius 2 is 1.27 bits per heavy atom. The molecule has 4 nitrogen and oxygen atoms in total. The summed E-state index contributed by atoms with van der Waals surface area (Å²) in [5, 5.41) is 5.65. The number of hydrogen-bond acceptors (Lipinski definition) is 3. The Bertz CT molecular complexity index is 3390. The van der Waals surface area contributed by atoms with E-state index in [4.69, 9.17) is 8.83 Å². The molecular weight excluding hydrogens is 733 g/mol. The average molecular weight is 773 g/mol. The Morgan fingerprint density at radius 1 is 0.550 bits per heavy atom. The largest absolute Gasteiger partial charge is 0.454 e. The van der Waals surface area contributed by atoms with E-state index >= 15 is 0 Å². The van der Waals surface area contributed by atoms with Crippen LogP contribution in [0.3, 0.4) is 0 Å². The lowest BCUT2D eigenvalue weighted by Gasteiger charge is -2.28. The van der Waals surface area contributed by atoms with Gasteiger partial charge >= 0.3 is 0 Å². The second-order valence-corrected chi connectivity index (χ2v) is 15.9. The number of anilines is 3. The van der Waals surface area contributed by atoms with Crippen molar-refractivity contribution in [1.29, 1.82) is 0 Å². The van der Waals surface area contributed by atoms with Crippen LogP contribution in [0.5, 0.6) is 0 Å². The van der Waals surface area contributed by atoms with Crippen molar-refractivity contribution >= 4 is 72.0 Å². The molecule has 3 aromatic heterocycles. The van der Waals surface area contributed by atoms with E-state index in [1.165, 1.54) is 22.1 Å². The van der Waals surface area contributed by atoms with Crippen molar-refractivity contribution in [3.05, 3.63) is 217 Å². The van der Waals surface area contributed by atoms with Crippen molar-refractivity contribution in [1.82, 2.24) is 4.57 Å². The van der Waals surface area contributed by atoms with Crippen LogP contribution in [0.15, 0.2) is 220 Å². The number of furan rings is 2. The van der Waals surface area contributed by atoms with Crippen LogP contribution in [-0.2, 0) is 0 Å². The maximum Gasteiger partial charge on any atom is 0.213 e. The highest BCUT2D eigenvalue weighted by molar-refractivity contribution is 6.20. The van der Waals surface area contributed by atoms with Crippen LogP contribution in [0.1, 0.15) is 30.7 Å². The fourth-order valence-corrected chi connectivity index (χ4v) is 9.62. The number of fused-ring (bicyclic) bond motifs is 8. The highest BCUT2D eigenvalue weighted by Crippen LogP contribution is 2.45. The molecular formula is C56H40N2O2. The summed E-state index contributed by atoms with van der Waals surface area (Å²) in [6, 6.07) is 58.5. The monoisotopic (exact) mass is 772 g/mol. The first-order valence-corrected chi connectivity index (χ1v) is 20.9. The van der Waals surface area contributed by atoms with E-state index < -0.39 is 0 Å². The first-order valence-electron chi connectivity index (χ1n) is 20.9. The van der Waals surface area contributed by atoms with E-state index in [9.17, 15) is 0 Å². The predicted molar refractivity (Wildman–Crippen MR) is 249 cm³/mol. The number of allylic oxidation sites excluding steroid dienone is 8. The van der Waals surface area contributed by atoms with Gasteiger partial charge in [0.2, 0.25) is 5.71 Å². The van der Waals surface area contributed by atoms with Gasteiger partial charge in [-0.05, 0) is 114 Å². The molecule has 286 valence electrons. The van der Waals surface area contributed by atoms with Crippen LogP contribution >= 0.6 is 0 Å². The Balaban J connectivity index is 0.957. The molecule has 1 unspecified atom stereocenters. The summed E-state index contributed by atoms with van der Waals surface area (Å²) in [5.41, 5.74) is 15.3. The van der Waals surface area contributed by atoms with Crippen molar-refractivity contribution < 1.29 is 8.83 Å². The predicted octanol–water partition coefficient (Wildman–Crippen LogP) is 15.8. The number of aromatic nitrogens is 1. The summed E-state index contributed by atoms with van der Waals surface area (Å²) in [6.07, 6.45) is 16.8. The first-order chi connectivity index (χ1) is 29.8. The van der Waals surface area contributed by atoms with Gasteiger partial charge in [-0.2, -0.15) is 0 Å². The van der Waals surface area contributed by atoms with Gasteiger partial charge in [0.05, 0.1) is 16.6 Å². The van der Waals surface area contributed by atoms with Crippen LogP contribution in [0.2, 0.25) is 0 Å². The lowest BCUT2D eigenvalue weighted by atomic mass is 9.79. The van der Waals surface area contributed by atoms with E-state index in [1.54, 1.807) is 0 Å². The van der Waals surface area contributed by atoms with Crippen LogP contribution < -0.4 is 4.90 Å². The smallest absolute Gasteiger partial charge is 0.213 e. The molecule has 60 heavy (non-hydrogen) atoms. The minimum absolute atomic E-state index is 0.331. The molecule has 0 bridgehead atoms. The van der Waals surface area contributed by atoms with Gasteiger partial charge in [-0.1, -0.05) is 134 Å². The highest BCUT2D eigenvalue weighted by Gasteiger charge is 2.24. The second-order valence-electron chi connectivity index (χ2n) is 15.9. The van der Waals surface area contributed by atoms with E-state index in [0.29, 0.717) is 5.92 Å². The van der Waals surface area contributed by atoms with E-state index in [-0.39, 0.29) is 0 Å². The second kappa shape index (κ2) is 14.1. The third-order valence-corrected chi connectivity index (χ3v) is 12.5. The third-order valence-electron chi connectivity index (χ3n) is 12.5. The lowest BCUT2D eigenvalue weighted by Crippen LogP contribution is -2.11. The molecule has 2 aliphatic rings. The summed E-state index contributed by atoms with van der Waals surface area (Å²) in [6.45, 7) is 0. The van der Waals surface area contributed by atoms with Gasteiger partial charge in [0.1, 0.15) is 11.2 Å². The van der Waals surface area contributed by atoms with Crippen LogP contribution in [0.4, 0.5) is 17.1 Å². The van der Waals surface area contributed by atoms with Crippen molar-refractivity contribution in [2.75, 3.05) is 4.90 Å². The zero-order valence-corrected chi connectivity index (χ0v) is 33.0. The highest BCUT2D eigenvalue weighted by atomic mass is 16.3. The minimum atomic E-state index is 0.331. The molecule has 0 saturated heterocycles. The standard InChI is InChI=1S/C56H40N2O2/c1-3-14-38(15-4-1)44-18-7-8-19-45(44)39-28-33-43(34-29-39)57(51-24-13-22-47-46-20-10-12-25-52(46)59-55(47)51)42-31-26-37(27-32-42)40-30-35-53-49(36-40)54-48-21-9-11-23-50(48)58(56(54)60-53)41-16-5-2-6-17-41/h1-3,5-14,16-18,20-36,45H,4,15,19H2. The van der Waals surface area contributed by atoms with Crippen LogP contribution in [-0.4, -0.2) is 4.57 Å². The summed E-state index contributed by atoms with van der Waals surface area (Å²) in [7, 11) is 0. The normalized spacial score (nSPS) is 15.4. The SMILES string of the molecule is C1=CCCC(C2=CC=CCC2c2ccc(N(c3ccc(-c4ccc5oc6c(c5c4)c4ccccc4n6-c4ccccc4)cc3)c3cccc4c3oc3ccccc34)cc2)=C1. The zero-order valence-electron chi connectivity index (χ0n) is 33.0. The number of hydrogen-bond donors (Lipinski definition) is 0. The van der Waals surface area contributed by atoms with Gasteiger partial charge in [-0.15, -0.1) is 0 Å². The van der Waals surface area contributed by atoms with Crippen LogP contribution in [0.25, 0.3) is 71.7 Å². The Morgan fingerprint density at radius 3 is 2.10 bits per heavy atom. The van der Waals surface area contributed by atoms with Gasteiger partial charge in [0, 0.05) is 44.5 Å². The minimum Gasteiger partial charge on any atom is -0.454 e. The quantitative estimate of drug-likeness (QED) is 0.162. The van der Waals surface area contributed by atoms with E-state index in [2.05, 4.69) is 198 Å². The maximum absolute atomic E-state index is 6.65. The molecule has 1 atom stereocenters. The van der Waals surface area contributed by atoms with Gasteiger partial charge < -0.3 is 13.7 Å². The van der Waals surface area contributed by atoms with Gasteiger partial charge in [0.15, 0.2) is 5.58 Å². The molecule has 3 heterocycles. The van der Waals surface area contributed by atoms with E-state index in [0.717, 1.165) is 103 Å². The van der Waals surface area contributed by atoms with Crippen molar-refractivity contribution in [3.8, 4) is 16.8 Å². The molecule has 0 spiro atoms. The molecule has 0 fully saturated rings. The molecule has 12 rings (SSSR count). The van der Waals surface area contributed by atoms with Crippen molar-refractivity contribution in [2.45, 2.75) is 25.2 Å². The lowest BCUT2D eigenvalue weighted by molar-refractivity contribution is 0.645. The number of para-hydroxylation sites is 4. The molecule has 0 saturated carbocycles. The molecule has 10 aromatic rings. The fourth-order valence-electron chi connectivity index (χ4n) is 9.62. The molecule has 0 N–H and O–H groups in total. The first kappa shape index (κ1) is 34.5. The number of nitrogens with zero attached hydrogens (tertiary/aromatic N) is 2. The average Bonchev–Trinajstić information content (AvgIpc) is 3.99. The molecule has 0 radical (unpaired) electrons. The van der Waals surface area contributed by atoms with E-state index in [1.807, 2.05) is 12.1 Å². The van der Waals surface area contributed by atoms with Gasteiger partial charge in [-0.25, -0.2) is 0 Å². The Hall–Kier alpha value is -7.56. The summed E-state index contributed by atoms with van der Waals surface area (Å²) >= 11 is 0. The Kier molecular flexibility index (Phi) is 8.09. The zero-order chi connectivity index (χ0) is 39.6. The summed E-state index contributed by atoms with van der Waals surface area (Å²) in [4.78, 5) is 2.34. The van der Waals surface area contributed by atoms with Gasteiger partial charge in [0.25, 0.3) is 0 Å². The Labute approximate surface area is 347 Å². The van der Waals surface area contributed by atoms with Crippen molar-refractivity contribution in [3.63, 3.8) is 0 Å². The molecule has 0 aliphatic heterocycles. The third kappa shape index (κ3) is 5.60. The maximum atomic E-state index is 6.65. The molecule has 2 aliphatic carbocycles. The summed E-state index contributed by atoms with van der Waals surface area (Å²) < 4.78 is 15.5. The molecule has 7 aromatic carbocycles. The molecule has 4 heteroatoms. The fraction of sp³-hybridized carbons (Fsp3) is 0.0714. The number of benzene rings is 7. The van der Waals surface area contributed by atoms with Crippen molar-refractivity contribution in [2.24, 2.45) is 0 Å². The summed E-state index contributed by atoms with van der Waals surface area (Å²) in [5.74, 6) is 0.331. The number of rotatable bonds is 7. The molecule has 0 amide bonds.